The molecule has 1 saturated heterocycles. The van der Waals surface area contributed by atoms with E-state index in [0.717, 1.165) is 48.4 Å². The van der Waals surface area contributed by atoms with E-state index in [0.29, 0.717) is 21.6 Å². The number of amides is 1. The minimum atomic E-state index is -0.285. The molecule has 0 saturated carbocycles. The Morgan fingerprint density at radius 2 is 2.10 bits per heavy atom. The Balaban J connectivity index is 1.46. The minimum absolute atomic E-state index is 0.166. The van der Waals surface area contributed by atoms with Crippen LogP contribution in [0, 0.1) is 5.41 Å². The molecule has 164 valence electrons. The maximum Gasteiger partial charge on any atom is 0.261 e. The standard InChI is InChI=1S/C22H26ClN5O2S/c1-27(2)18-11-14(21(24)28-9-3-4-10-28)5-6-16(18)17-12-15(30-26-17)13-25-22(29)19-7-8-20(23)31-19/h5-8,11-12,15,24,26H,3-4,9-10,13H2,1-2H3,(H,25,29). The summed E-state index contributed by atoms with van der Waals surface area (Å²) in [7, 11) is 3.98. The summed E-state index contributed by atoms with van der Waals surface area (Å²) in [6.07, 6.45) is 3.97. The summed E-state index contributed by atoms with van der Waals surface area (Å²) >= 11 is 7.15. The number of benzene rings is 1. The third-order valence-electron chi connectivity index (χ3n) is 5.40. The number of likely N-dealkylation sites (tertiary alicyclic amines) is 1. The van der Waals surface area contributed by atoms with Crippen molar-refractivity contribution in [1.82, 2.24) is 15.7 Å². The van der Waals surface area contributed by atoms with Crippen LogP contribution in [0.3, 0.4) is 0 Å². The molecule has 7 nitrogen and oxygen atoms in total. The van der Waals surface area contributed by atoms with Gasteiger partial charge in [0.2, 0.25) is 0 Å². The van der Waals surface area contributed by atoms with Crippen molar-refractivity contribution in [3.05, 3.63) is 56.7 Å². The summed E-state index contributed by atoms with van der Waals surface area (Å²) in [6.45, 7) is 2.24. The number of amidine groups is 1. The maximum atomic E-state index is 12.2. The number of nitrogens with one attached hydrogen (secondary N) is 3. The first-order chi connectivity index (χ1) is 14.9. The van der Waals surface area contributed by atoms with E-state index in [1.54, 1.807) is 12.1 Å². The summed E-state index contributed by atoms with van der Waals surface area (Å²) in [5.74, 6) is 0.409. The zero-order valence-electron chi connectivity index (χ0n) is 17.6. The number of carbonyl (C=O) groups excluding carboxylic acids is 1. The number of hydrogen-bond acceptors (Lipinski definition) is 6. The van der Waals surface area contributed by atoms with Gasteiger partial charge in [0.1, 0.15) is 11.9 Å². The van der Waals surface area contributed by atoms with Gasteiger partial charge in [0, 0.05) is 44.0 Å². The Labute approximate surface area is 191 Å². The fourth-order valence-electron chi connectivity index (χ4n) is 3.76. The van der Waals surface area contributed by atoms with Crippen molar-refractivity contribution in [3.8, 4) is 0 Å². The van der Waals surface area contributed by atoms with Gasteiger partial charge in [0.25, 0.3) is 5.91 Å². The highest BCUT2D eigenvalue weighted by atomic mass is 35.5. The van der Waals surface area contributed by atoms with Gasteiger partial charge in [0.15, 0.2) is 0 Å². The van der Waals surface area contributed by atoms with Gasteiger partial charge in [-0.3, -0.25) is 20.5 Å². The molecule has 0 bridgehead atoms. The van der Waals surface area contributed by atoms with Crippen LogP contribution in [0.1, 0.15) is 33.6 Å². The van der Waals surface area contributed by atoms with Gasteiger partial charge in [0.05, 0.1) is 21.5 Å². The van der Waals surface area contributed by atoms with E-state index in [4.69, 9.17) is 21.8 Å². The molecular formula is C22H26ClN5O2S. The van der Waals surface area contributed by atoms with Crippen LogP contribution in [0.5, 0.6) is 0 Å². The second-order valence-corrected chi connectivity index (χ2v) is 9.54. The van der Waals surface area contributed by atoms with Crippen molar-refractivity contribution in [3.63, 3.8) is 0 Å². The van der Waals surface area contributed by atoms with Crippen LogP contribution in [0.4, 0.5) is 5.69 Å². The molecular weight excluding hydrogens is 434 g/mol. The van der Waals surface area contributed by atoms with Gasteiger partial charge in [-0.1, -0.05) is 23.7 Å². The van der Waals surface area contributed by atoms with Crippen molar-refractivity contribution >= 4 is 46.1 Å². The molecule has 3 N–H and O–H groups in total. The van der Waals surface area contributed by atoms with Crippen LogP contribution in [0.2, 0.25) is 4.34 Å². The molecule has 3 heterocycles. The zero-order valence-corrected chi connectivity index (χ0v) is 19.1. The molecule has 2 aromatic rings. The molecule has 0 aliphatic carbocycles. The second-order valence-electron chi connectivity index (χ2n) is 7.82. The predicted octanol–water partition coefficient (Wildman–Crippen LogP) is 3.56. The van der Waals surface area contributed by atoms with E-state index in [1.807, 2.05) is 43.3 Å². The first kappa shape index (κ1) is 21.7. The molecule has 0 spiro atoms. The Kier molecular flexibility index (Phi) is 6.50. The van der Waals surface area contributed by atoms with Crippen LogP contribution in [-0.4, -0.2) is 56.5 Å². The van der Waals surface area contributed by atoms with Crippen molar-refractivity contribution < 1.29 is 9.63 Å². The average Bonchev–Trinajstić information content (AvgIpc) is 3.52. The molecule has 1 unspecified atom stereocenters. The van der Waals surface area contributed by atoms with Gasteiger partial charge < -0.3 is 15.1 Å². The van der Waals surface area contributed by atoms with Gasteiger partial charge in [-0.15, -0.1) is 11.3 Å². The monoisotopic (exact) mass is 459 g/mol. The summed E-state index contributed by atoms with van der Waals surface area (Å²) in [6, 6.07) is 9.48. The highest BCUT2D eigenvalue weighted by Gasteiger charge is 2.23. The van der Waals surface area contributed by atoms with E-state index >= 15 is 0 Å². The smallest absolute Gasteiger partial charge is 0.261 e. The number of carbonyl (C=O) groups is 1. The number of hydrogen-bond donors (Lipinski definition) is 3. The van der Waals surface area contributed by atoms with E-state index in [1.165, 1.54) is 11.3 Å². The van der Waals surface area contributed by atoms with Gasteiger partial charge in [-0.2, -0.15) is 0 Å². The lowest BCUT2D eigenvalue weighted by Gasteiger charge is -2.22. The lowest BCUT2D eigenvalue weighted by atomic mass is 10.0. The van der Waals surface area contributed by atoms with Crippen LogP contribution in [0.15, 0.2) is 36.4 Å². The number of halogens is 1. The van der Waals surface area contributed by atoms with Crippen molar-refractivity contribution in [2.24, 2.45) is 0 Å². The topological polar surface area (TPSA) is 80.7 Å². The quantitative estimate of drug-likeness (QED) is 0.454. The molecule has 2 aliphatic heterocycles. The van der Waals surface area contributed by atoms with E-state index in [9.17, 15) is 4.79 Å². The summed E-state index contributed by atoms with van der Waals surface area (Å²) in [5, 5.41) is 11.4. The Bertz CT molecular complexity index is 1010. The largest absolute Gasteiger partial charge is 0.377 e. The van der Waals surface area contributed by atoms with Gasteiger partial charge in [-0.25, -0.2) is 0 Å². The lowest BCUT2D eigenvalue weighted by Crippen LogP contribution is -2.32. The van der Waals surface area contributed by atoms with E-state index in [2.05, 4.69) is 15.7 Å². The van der Waals surface area contributed by atoms with E-state index < -0.39 is 0 Å². The van der Waals surface area contributed by atoms with Crippen molar-refractivity contribution in [2.75, 3.05) is 38.6 Å². The number of thiophene rings is 1. The molecule has 4 rings (SSSR count). The number of nitrogens with zero attached hydrogens (tertiary/aromatic N) is 2. The molecule has 31 heavy (non-hydrogen) atoms. The Hall–Kier alpha value is -2.55. The average molecular weight is 460 g/mol. The van der Waals surface area contributed by atoms with E-state index in [-0.39, 0.29) is 12.0 Å². The highest BCUT2D eigenvalue weighted by Crippen LogP contribution is 2.29. The lowest BCUT2D eigenvalue weighted by molar-refractivity contribution is 0.0499. The molecule has 9 heteroatoms. The number of rotatable bonds is 6. The van der Waals surface area contributed by atoms with Gasteiger partial charge in [-0.05, 0) is 37.1 Å². The summed E-state index contributed by atoms with van der Waals surface area (Å²) in [5.41, 5.74) is 6.74. The van der Waals surface area contributed by atoms with Crippen LogP contribution in [0.25, 0.3) is 5.70 Å². The number of anilines is 1. The fraction of sp³-hybridized carbons (Fsp3) is 0.364. The summed E-state index contributed by atoms with van der Waals surface area (Å²) in [4.78, 5) is 22.6. The third kappa shape index (κ3) is 4.87. The van der Waals surface area contributed by atoms with Crippen LogP contribution < -0.4 is 15.7 Å². The SMILES string of the molecule is CN(C)c1cc(C(=N)N2CCCC2)ccc1C1=CC(CNC(=O)c2ccc(Cl)s2)ON1. The Morgan fingerprint density at radius 3 is 2.77 bits per heavy atom. The minimum Gasteiger partial charge on any atom is -0.377 e. The van der Waals surface area contributed by atoms with Crippen LogP contribution >= 0.6 is 22.9 Å². The zero-order chi connectivity index (χ0) is 22.0. The molecule has 1 amide bonds. The number of hydroxylamine groups is 1. The molecule has 0 radical (unpaired) electrons. The third-order valence-corrected chi connectivity index (χ3v) is 6.63. The predicted molar refractivity (Wildman–Crippen MR) is 126 cm³/mol. The summed E-state index contributed by atoms with van der Waals surface area (Å²) < 4.78 is 0.587. The first-order valence-electron chi connectivity index (χ1n) is 10.2. The van der Waals surface area contributed by atoms with Crippen molar-refractivity contribution in [1.29, 1.82) is 5.41 Å². The Morgan fingerprint density at radius 1 is 1.32 bits per heavy atom. The highest BCUT2D eigenvalue weighted by molar-refractivity contribution is 7.18. The normalized spacial score (nSPS) is 18.0. The molecule has 1 fully saturated rings. The van der Waals surface area contributed by atoms with Crippen molar-refractivity contribution in [2.45, 2.75) is 18.9 Å². The molecule has 1 aromatic carbocycles. The van der Waals surface area contributed by atoms with Crippen LogP contribution in [-0.2, 0) is 4.84 Å². The maximum absolute atomic E-state index is 12.2. The molecule has 1 atom stereocenters. The second kappa shape index (κ2) is 9.30. The fourth-order valence-corrected chi connectivity index (χ4v) is 4.71. The molecule has 1 aromatic heterocycles. The first-order valence-corrected chi connectivity index (χ1v) is 11.4. The van der Waals surface area contributed by atoms with Gasteiger partial charge >= 0.3 is 0 Å². The molecule has 2 aliphatic rings.